The molecule has 1 saturated carbocycles. The summed E-state index contributed by atoms with van der Waals surface area (Å²) < 4.78 is 0. The molecule has 1 aromatic heterocycles. The topological polar surface area (TPSA) is 42.2 Å². The monoisotopic (exact) mass is 295 g/mol. The van der Waals surface area contributed by atoms with Gasteiger partial charge in [-0.2, -0.15) is 0 Å². The average Bonchev–Trinajstić information content (AvgIpc) is 2.83. The maximum Gasteiger partial charge on any atom is 0.185 e. The van der Waals surface area contributed by atoms with Gasteiger partial charge < -0.3 is 10.6 Å². The summed E-state index contributed by atoms with van der Waals surface area (Å²) in [6.45, 7) is 9.61. The van der Waals surface area contributed by atoms with Crippen LogP contribution >= 0.6 is 11.3 Å². The van der Waals surface area contributed by atoms with Gasteiger partial charge in [-0.05, 0) is 31.6 Å². The van der Waals surface area contributed by atoms with Gasteiger partial charge in [0.1, 0.15) is 0 Å². The summed E-state index contributed by atoms with van der Waals surface area (Å²) in [6, 6.07) is 0.649. The fourth-order valence-corrected chi connectivity index (χ4v) is 4.18. The molecule has 0 bridgehead atoms. The molecule has 0 aromatic carbocycles. The molecule has 0 amide bonds. The number of thiazole rings is 1. The van der Waals surface area contributed by atoms with Crippen LogP contribution in [-0.2, 0) is 12.0 Å². The van der Waals surface area contributed by atoms with Crippen molar-refractivity contribution in [3.63, 3.8) is 0 Å². The summed E-state index contributed by atoms with van der Waals surface area (Å²) in [6.07, 6.45) is 5.27. The van der Waals surface area contributed by atoms with Crippen LogP contribution in [0.2, 0.25) is 0 Å². The normalized spacial score (nSPS) is 23.9. The third-order valence-corrected chi connectivity index (χ3v) is 5.58. The minimum Gasteiger partial charge on any atom is -0.348 e. The average molecular weight is 295 g/mol. The van der Waals surface area contributed by atoms with E-state index in [9.17, 15) is 0 Å². The Morgan fingerprint density at radius 1 is 1.25 bits per heavy atom. The second kappa shape index (κ2) is 6.02. The Labute approximate surface area is 127 Å². The highest BCUT2D eigenvalue weighted by molar-refractivity contribution is 7.15. The second-order valence-electron chi connectivity index (χ2n) is 7.25. The molecular weight excluding hydrogens is 266 g/mol. The Balaban J connectivity index is 2.18. The summed E-state index contributed by atoms with van der Waals surface area (Å²) in [5.41, 5.74) is 7.16. The molecule has 1 aliphatic carbocycles. The summed E-state index contributed by atoms with van der Waals surface area (Å²) in [7, 11) is 2.20. The van der Waals surface area contributed by atoms with Gasteiger partial charge >= 0.3 is 0 Å². The highest BCUT2D eigenvalue weighted by Crippen LogP contribution is 2.36. The molecule has 0 radical (unpaired) electrons. The van der Waals surface area contributed by atoms with Gasteiger partial charge in [-0.3, -0.25) is 0 Å². The molecule has 114 valence electrons. The second-order valence-corrected chi connectivity index (χ2v) is 8.31. The lowest BCUT2D eigenvalue weighted by Crippen LogP contribution is -2.34. The Hall–Kier alpha value is -0.610. The van der Waals surface area contributed by atoms with Gasteiger partial charge in [0, 0.05) is 29.9 Å². The highest BCUT2D eigenvalue weighted by atomic mass is 32.1. The van der Waals surface area contributed by atoms with Gasteiger partial charge in [-0.15, -0.1) is 11.3 Å². The molecule has 0 aliphatic heterocycles. The van der Waals surface area contributed by atoms with Crippen molar-refractivity contribution < 1.29 is 0 Å². The van der Waals surface area contributed by atoms with E-state index in [1.807, 2.05) is 0 Å². The molecule has 1 fully saturated rings. The summed E-state index contributed by atoms with van der Waals surface area (Å²) in [5.74, 6) is 0.890. The molecule has 1 aliphatic rings. The van der Waals surface area contributed by atoms with Gasteiger partial charge in [0.2, 0.25) is 0 Å². The largest absolute Gasteiger partial charge is 0.348 e. The summed E-state index contributed by atoms with van der Waals surface area (Å²) in [5, 5.41) is 1.15. The first-order valence-electron chi connectivity index (χ1n) is 7.76. The third kappa shape index (κ3) is 3.34. The number of nitrogens with two attached hydrogens (primary N) is 1. The molecule has 3 nitrogen and oxygen atoms in total. The maximum atomic E-state index is 5.91. The van der Waals surface area contributed by atoms with Gasteiger partial charge in [0.15, 0.2) is 5.13 Å². The first kappa shape index (κ1) is 15.8. The standard InChI is InChI=1S/C16H29N3S/c1-11-6-8-12(9-7-11)19(5)15-18-14(16(2,3)4)13(10-17)20-15/h11-12H,6-10,17H2,1-5H3. The van der Waals surface area contributed by atoms with E-state index in [0.717, 1.165) is 11.0 Å². The SMILES string of the molecule is CC1CCC(N(C)c2nc(C(C)(C)C)c(CN)s2)CC1. The van der Waals surface area contributed by atoms with E-state index in [2.05, 4.69) is 39.6 Å². The van der Waals surface area contributed by atoms with Gasteiger partial charge in [-0.1, -0.05) is 27.7 Å². The first-order valence-corrected chi connectivity index (χ1v) is 8.57. The molecule has 0 unspecified atom stereocenters. The molecular formula is C16H29N3S. The number of hydrogen-bond acceptors (Lipinski definition) is 4. The summed E-state index contributed by atoms with van der Waals surface area (Å²) in [4.78, 5) is 8.54. The predicted octanol–water partition coefficient (Wildman–Crippen LogP) is 3.91. The number of rotatable bonds is 3. The molecule has 0 atom stereocenters. The van der Waals surface area contributed by atoms with Crippen LogP contribution < -0.4 is 10.6 Å². The van der Waals surface area contributed by atoms with Crippen LogP contribution in [-0.4, -0.2) is 18.1 Å². The van der Waals surface area contributed by atoms with Gasteiger partial charge in [0.05, 0.1) is 5.69 Å². The molecule has 4 heteroatoms. The quantitative estimate of drug-likeness (QED) is 0.919. The third-order valence-electron chi connectivity index (χ3n) is 4.42. The van der Waals surface area contributed by atoms with Gasteiger partial charge in [0.25, 0.3) is 0 Å². The number of aromatic nitrogens is 1. The first-order chi connectivity index (χ1) is 9.32. The van der Waals surface area contributed by atoms with Crippen molar-refractivity contribution in [2.24, 2.45) is 11.7 Å². The van der Waals surface area contributed by atoms with Crippen molar-refractivity contribution in [2.45, 2.75) is 71.4 Å². The zero-order valence-corrected chi connectivity index (χ0v) is 14.4. The lowest BCUT2D eigenvalue weighted by Gasteiger charge is -2.33. The van der Waals surface area contributed by atoms with E-state index in [1.165, 1.54) is 36.3 Å². The predicted molar refractivity (Wildman–Crippen MR) is 88.5 cm³/mol. The Kier molecular flexibility index (Phi) is 4.75. The zero-order valence-electron chi connectivity index (χ0n) is 13.6. The highest BCUT2D eigenvalue weighted by Gasteiger charge is 2.27. The van der Waals surface area contributed by atoms with Crippen LogP contribution in [0.25, 0.3) is 0 Å². The zero-order chi connectivity index (χ0) is 14.9. The molecule has 20 heavy (non-hydrogen) atoms. The van der Waals surface area contributed by atoms with E-state index < -0.39 is 0 Å². The fraction of sp³-hybridized carbons (Fsp3) is 0.812. The molecule has 1 heterocycles. The lowest BCUT2D eigenvalue weighted by molar-refractivity contribution is 0.340. The number of nitrogens with zero attached hydrogens (tertiary/aromatic N) is 2. The van der Waals surface area contributed by atoms with Crippen LogP contribution in [0.15, 0.2) is 0 Å². The molecule has 0 spiro atoms. The van der Waals surface area contributed by atoms with E-state index in [1.54, 1.807) is 11.3 Å². The molecule has 2 N–H and O–H groups in total. The molecule has 2 rings (SSSR count). The van der Waals surface area contributed by atoms with E-state index >= 15 is 0 Å². The van der Waals surface area contributed by atoms with Crippen LogP contribution in [0.1, 0.15) is 63.9 Å². The molecule has 0 saturated heterocycles. The minimum absolute atomic E-state index is 0.0748. The number of anilines is 1. The van der Waals surface area contributed by atoms with Crippen molar-refractivity contribution in [3.05, 3.63) is 10.6 Å². The van der Waals surface area contributed by atoms with Crippen molar-refractivity contribution in [2.75, 3.05) is 11.9 Å². The Morgan fingerprint density at radius 2 is 1.85 bits per heavy atom. The van der Waals surface area contributed by atoms with Crippen molar-refractivity contribution in [1.29, 1.82) is 0 Å². The van der Waals surface area contributed by atoms with Crippen LogP contribution in [0, 0.1) is 5.92 Å². The van der Waals surface area contributed by atoms with E-state index in [4.69, 9.17) is 10.7 Å². The number of hydrogen-bond donors (Lipinski definition) is 1. The lowest BCUT2D eigenvalue weighted by atomic mass is 9.87. The van der Waals surface area contributed by atoms with Crippen molar-refractivity contribution in [1.82, 2.24) is 4.98 Å². The Bertz CT molecular complexity index is 439. The van der Waals surface area contributed by atoms with E-state index in [0.29, 0.717) is 12.6 Å². The Morgan fingerprint density at radius 3 is 2.30 bits per heavy atom. The van der Waals surface area contributed by atoms with Crippen molar-refractivity contribution >= 4 is 16.5 Å². The van der Waals surface area contributed by atoms with Crippen LogP contribution in [0.3, 0.4) is 0 Å². The van der Waals surface area contributed by atoms with Crippen LogP contribution in [0.4, 0.5) is 5.13 Å². The van der Waals surface area contributed by atoms with Crippen LogP contribution in [0.5, 0.6) is 0 Å². The van der Waals surface area contributed by atoms with Gasteiger partial charge in [-0.25, -0.2) is 4.98 Å². The van der Waals surface area contributed by atoms with E-state index in [-0.39, 0.29) is 5.41 Å². The minimum atomic E-state index is 0.0748. The smallest absolute Gasteiger partial charge is 0.185 e. The maximum absolute atomic E-state index is 5.91. The van der Waals surface area contributed by atoms with Crippen molar-refractivity contribution in [3.8, 4) is 0 Å². The summed E-state index contributed by atoms with van der Waals surface area (Å²) >= 11 is 1.78. The molecule has 1 aromatic rings. The fourth-order valence-electron chi connectivity index (χ4n) is 3.00.